The number of carbonyl (C=O) groups excluding carboxylic acids is 1. The summed E-state index contributed by atoms with van der Waals surface area (Å²) in [7, 11) is 0. The molecule has 0 saturated heterocycles. The number of hydrogen-bond acceptors (Lipinski definition) is 5. The Balaban J connectivity index is 3.64. The molecule has 60 valence electrons. The second-order valence-electron chi connectivity index (χ2n) is 1.92. The molecule has 0 aliphatic rings. The summed E-state index contributed by atoms with van der Waals surface area (Å²) in [6, 6.07) is 0. The molecule has 0 fully saturated rings. The molecule has 10 heavy (non-hydrogen) atoms. The van der Waals surface area contributed by atoms with Crippen LogP contribution < -0.4 is 5.73 Å². The molecule has 0 aromatic heterocycles. The molecule has 5 nitrogen and oxygen atoms in total. The molecule has 0 heterocycles. The summed E-state index contributed by atoms with van der Waals surface area (Å²) in [5.74, 6) is -1.01. The van der Waals surface area contributed by atoms with Gasteiger partial charge in [0.2, 0.25) is 5.72 Å². The fourth-order valence-corrected chi connectivity index (χ4v) is 0.197. The van der Waals surface area contributed by atoms with Gasteiger partial charge in [0, 0.05) is 0 Å². The Morgan fingerprint density at radius 1 is 1.80 bits per heavy atom. The fourth-order valence-electron chi connectivity index (χ4n) is 0.197. The van der Waals surface area contributed by atoms with E-state index in [9.17, 15) is 4.79 Å². The zero-order valence-corrected chi connectivity index (χ0v) is 5.96. The van der Waals surface area contributed by atoms with Gasteiger partial charge in [-0.3, -0.25) is 10.6 Å². The zero-order chi connectivity index (χ0) is 8.20. The van der Waals surface area contributed by atoms with Crippen LogP contribution in [0.5, 0.6) is 0 Å². The number of hydrogen-bond donors (Lipinski definition) is 2. The van der Waals surface area contributed by atoms with E-state index in [1.54, 1.807) is 6.92 Å². The molecule has 0 aromatic rings. The van der Waals surface area contributed by atoms with Gasteiger partial charge in [-0.25, -0.2) is 4.79 Å². The molecule has 0 amide bonds. The van der Waals surface area contributed by atoms with Crippen molar-refractivity contribution in [2.45, 2.75) is 19.6 Å². The molecule has 0 aromatic carbocycles. The van der Waals surface area contributed by atoms with E-state index in [1.807, 2.05) is 0 Å². The molecule has 3 N–H and O–H groups in total. The lowest BCUT2D eigenvalue weighted by atomic mass is 10.3. The molecule has 0 radical (unpaired) electrons. The van der Waals surface area contributed by atoms with E-state index >= 15 is 0 Å². The molecule has 0 spiro atoms. The van der Waals surface area contributed by atoms with E-state index in [1.165, 1.54) is 0 Å². The molecule has 0 rings (SSSR count). The molecule has 0 saturated carbocycles. The van der Waals surface area contributed by atoms with Crippen LogP contribution >= 0.6 is 0 Å². The van der Waals surface area contributed by atoms with Crippen LogP contribution in [0.1, 0.15) is 13.8 Å². The normalized spacial score (nSPS) is 16.0. The maximum absolute atomic E-state index is 10.5. The van der Waals surface area contributed by atoms with E-state index in [2.05, 4.69) is 9.78 Å². The van der Waals surface area contributed by atoms with Crippen LogP contribution in [0.3, 0.4) is 0 Å². The summed E-state index contributed by atoms with van der Waals surface area (Å²) in [4.78, 5) is 18.8. The van der Waals surface area contributed by atoms with Crippen molar-refractivity contribution in [2.75, 3.05) is 6.61 Å². The smallest absolute Gasteiger partial charge is 0.366 e. The number of rotatable bonds is 3. The number of carbonyl (C=O) groups is 1. The first kappa shape index (κ1) is 9.35. The second kappa shape index (κ2) is 3.50. The Hall–Kier alpha value is -0.650. The standard InChI is InChI=1S/C5H11NO4/c1-3-9-10-4(7)5(2,6)8/h8H,3,6H2,1-2H3. The third kappa shape index (κ3) is 3.39. The van der Waals surface area contributed by atoms with E-state index < -0.39 is 11.7 Å². The first-order valence-electron chi connectivity index (χ1n) is 2.83. The molecule has 0 aliphatic heterocycles. The van der Waals surface area contributed by atoms with Gasteiger partial charge in [0.15, 0.2) is 0 Å². The highest BCUT2D eigenvalue weighted by atomic mass is 17.2. The van der Waals surface area contributed by atoms with Crippen molar-refractivity contribution in [3.8, 4) is 0 Å². The number of aliphatic hydroxyl groups is 1. The molecule has 0 aliphatic carbocycles. The van der Waals surface area contributed by atoms with Crippen LogP contribution in [-0.2, 0) is 14.6 Å². The van der Waals surface area contributed by atoms with Gasteiger partial charge < -0.3 is 5.11 Å². The van der Waals surface area contributed by atoms with Crippen LogP contribution in [0, 0.1) is 0 Å². The van der Waals surface area contributed by atoms with Crippen molar-refractivity contribution in [1.82, 2.24) is 0 Å². The van der Waals surface area contributed by atoms with E-state index in [0.717, 1.165) is 6.92 Å². The third-order valence-corrected chi connectivity index (χ3v) is 0.666. The first-order chi connectivity index (χ1) is 4.48. The fraction of sp³-hybridized carbons (Fsp3) is 0.800. The Morgan fingerprint density at radius 3 is 2.60 bits per heavy atom. The lowest BCUT2D eigenvalue weighted by Crippen LogP contribution is -2.45. The summed E-state index contributed by atoms with van der Waals surface area (Å²) >= 11 is 0. The van der Waals surface area contributed by atoms with Gasteiger partial charge in [-0.1, -0.05) is 0 Å². The van der Waals surface area contributed by atoms with Gasteiger partial charge in [0.05, 0.1) is 6.61 Å². The predicted molar refractivity (Wildman–Crippen MR) is 32.5 cm³/mol. The van der Waals surface area contributed by atoms with Crippen molar-refractivity contribution in [1.29, 1.82) is 0 Å². The average molecular weight is 149 g/mol. The summed E-state index contributed by atoms with van der Waals surface area (Å²) in [6.45, 7) is 2.97. The summed E-state index contributed by atoms with van der Waals surface area (Å²) in [5.41, 5.74) is 2.94. The summed E-state index contributed by atoms with van der Waals surface area (Å²) in [5, 5.41) is 8.74. The lowest BCUT2D eigenvalue weighted by Gasteiger charge is -2.12. The van der Waals surface area contributed by atoms with E-state index in [-0.39, 0.29) is 6.61 Å². The Labute approximate surface area is 58.7 Å². The monoisotopic (exact) mass is 149 g/mol. The maximum Gasteiger partial charge on any atom is 0.387 e. The van der Waals surface area contributed by atoms with Crippen molar-refractivity contribution < 1.29 is 19.7 Å². The Kier molecular flexibility index (Phi) is 3.27. The van der Waals surface area contributed by atoms with Gasteiger partial charge in [-0.15, -0.1) is 0 Å². The Bertz CT molecular complexity index is 117. The SMILES string of the molecule is CCOOC(=O)C(C)(N)O. The highest BCUT2D eigenvalue weighted by molar-refractivity contribution is 5.77. The molecule has 1 atom stereocenters. The Morgan fingerprint density at radius 2 is 2.30 bits per heavy atom. The zero-order valence-electron chi connectivity index (χ0n) is 5.96. The van der Waals surface area contributed by atoms with Crippen LogP contribution in [0.25, 0.3) is 0 Å². The number of nitrogens with two attached hydrogens (primary N) is 1. The molecule has 5 heteroatoms. The third-order valence-electron chi connectivity index (χ3n) is 0.666. The van der Waals surface area contributed by atoms with Crippen molar-refractivity contribution in [2.24, 2.45) is 5.73 Å². The van der Waals surface area contributed by atoms with Crippen LogP contribution in [0.2, 0.25) is 0 Å². The largest absolute Gasteiger partial charge is 0.387 e. The minimum atomic E-state index is -1.98. The minimum Gasteiger partial charge on any atom is -0.366 e. The van der Waals surface area contributed by atoms with Gasteiger partial charge in [-0.2, -0.15) is 4.89 Å². The van der Waals surface area contributed by atoms with Crippen LogP contribution in [0.15, 0.2) is 0 Å². The second-order valence-corrected chi connectivity index (χ2v) is 1.92. The summed E-state index contributed by atoms with van der Waals surface area (Å²) < 4.78 is 0. The van der Waals surface area contributed by atoms with E-state index in [4.69, 9.17) is 10.8 Å². The highest BCUT2D eigenvalue weighted by Gasteiger charge is 2.27. The van der Waals surface area contributed by atoms with Gasteiger partial charge in [-0.05, 0) is 13.8 Å². The summed E-state index contributed by atoms with van der Waals surface area (Å²) in [6.07, 6.45) is 0. The maximum atomic E-state index is 10.5. The molecular weight excluding hydrogens is 138 g/mol. The topological polar surface area (TPSA) is 81.8 Å². The predicted octanol–water partition coefficient (Wildman–Crippen LogP) is -0.852. The average Bonchev–Trinajstić information content (AvgIpc) is 1.80. The molecule has 0 bridgehead atoms. The molecule has 1 unspecified atom stereocenters. The van der Waals surface area contributed by atoms with Crippen molar-refractivity contribution in [3.05, 3.63) is 0 Å². The highest BCUT2D eigenvalue weighted by Crippen LogP contribution is 1.96. The van der Waals surface area contributed by atoms with Gasteiger partial charge >= 0.3 is 5.97 Å². The van der Waals surface area contributed by atoms with Crippen molar-refractivity contribution in [3.63, 3.8) is 0 Å². The van der Waals surface area contributed by atoms with E-state index in [0.29, 0.717) is 0 Å². The van der Waals surface area contributed by atoms with Crippen LogP contribution in [-0.4, -0.2) is 23.4 Å². The quantitative estimate of drug-likeness (QED) is 0.310. The first-order valence-corrected chi connectivity index (χ1v) is 2.83. The van der Waals surface area contributed by atoms with Crippen molar-refractivity contribution >= 4 is 5.97 Å². The van der Waals surface area contributed by atoms with Gasteiger partial charge in [0.1, 0.15) is 0 Å². The van der Waals surface area contributed by atoms with Crippen LogP contribution in [0.4, 0.5) is 0 Å². The lowest BCUT2D eigenvalue weighted by molar-refractivity contribution is -0.281. The minimum absolute atomic E-state index is 0.224. The van der Waals surface area contributed by atoms with Gasteiger partial charge in [0.25, 0.3) is 0 Å². The molecular formula is C5H11NO4.